The number of nitrogens with one attached hydrogen (secondary N) is 1. The minimum absolute atomic E-state index is 0.187. The number of rotatable bonds is 3. The maximum absolute atomic E-state index is 11.6. The molecule has 0 aromatic heterocycles. The normalized spacial score (nSPS) is 11.3. The van der Waals surface area contributed by atoms with Crippen LogP contribution >= 0.6 is 19.9 Å². The minimum Gasteiger partial charge on any atom is -0.312 e. The lowest BCUT2D eigenvalue weighted by Crippen LogP contribution is -2.17. The highest BCUT2D eigenvalue weighted by atomic mass is 32.2. The molecule has 0 saturated heterocycles. The molecule has 11 heavy (non-hydrogen) atoms. The van der Waals surface area contributed by atoms with E-state index in [1.807, 2.05) is 0 Å². The molecule has 66 valence electrons. The summed E-state index contributed by atoms with van der Waals surface area (Å²) in [5.74, 6) is 0. The largest absolute Gasteiger partial charge is 0.411 e. The Labute approximate surface area is 66.2 Å². The molecule has 9 heteroatoms. The quantitative estimate of drug-likeness (QED) is 0.264. The Morgan fingerprint density at radius 2 is 2.18 bits per heavy atom. The van der Waals surface area contributed by atoms with Crippen molar-refractivity contribution >= 4 is 26.0 Å². The predicted molar refractivity (Wildman–Crippen MR) is 37.0 cm³/mol. The summed E-state index contributed by atoms with van der Waals surface area (Å²) >= 11 is 0.187. The first-order valence-corrected chi connectivity index (χ1v) is 4.64. The highest BCUT2D eigenvalue weighted by molar-refractivity contribution is 8.00. The van der Waals surface area contributed by atoms with Gasteiger partial charge in [-0.25, -0.2) is 13.7 Å². The van der Waals surface area contributed by atoms with E-state index < -0.39 is 13.9 Å². The second-order valence-electron chi connectivity index (χ2n) is 1.48. The number of amides is 1. The van der Waals surface area contributed by atoms with Crippen molar-refractivity contribution < 1.29 is 23.5 Å². The van der Waals surface area contributed by atoms with E-state index >= 15 is 0 Å². The molecule has 1 amide bonds. The first-order chi connectivity index (χ1) is 4.83. The van der Waals surface area contributed by atoms with Gasteiger partial charge in [-0.15, -0.1) is 8.88 Å². The van der Waals surface area contributed by atoms with Crippen molar-refractivity contribution in [3.05, 3.63) is 0 Å². The molecule has 0 aliphatic heterocycles. The topological polar surface area (TPSA) is 89.9 Å². The lowest BCUT2D eigenvalue weighted by molar-refractivity contribution is 0.209. The summed E-state index contributed by atoms with van der Waals surface area (Å²) in [5.41, 5.74) is 0. The first kappa shape index (κ1) is 10.9. The van der Waals surface area contributed by atoms with Gasteiger partial charge in [0.2, 0.25) is 0 Å². The van der Waals surface area contributed by atoms with Crippen molar-refractivity contribution in [1.82, 2.24) is 8.80 Å². The van der Waals surface area contributed by atoms with Crippen molar-refractivity contribution in [3.8, 4) is 0 Å². The van der Waals surface area contributed by atoms with Gasteiger partial charge in [0.15, 0.2) is 0 Å². The van der Waals surface area contributed by atoms with Crippen molar-refractivity contribution in [2.45, 2.75) is 0 Å². The second kappa shape index (κ2) is 4.03. The number of carbonyl (C=O) groups excluding carboxylic acids is 1. The molecule has 0 aromatic carbocycles. The fourth-order valence-corrected chi connectivity index (χ4v) is 1.14. The zero-order chi connectivity index (χ0) is 9.07. The predicted octanol–water partition coefficient (Wildman–Crippen LogP) is 0.253. The summed E-state index contributed by atoms with van der Waals surface area (Å²) in [4.78, 5) is 26.1. The van der Waals surface area contributed by atoms with E-state index in [4.69, 9.17) is 9.79 Å². The average Bonchev–Trinajstić information content (AvgIpc) is 1.80. The fourth-order valence-electron chi connectivity index (χ4n) is 0.150. The molecule has 0 unspecified atom stereocenters. The minimum atomic E-state index is -4.41. The molecule has 0 heterocycles. The molecule has 6 nitrogen and oxygen atoms in total. The van der Waals surface area contributed by atoms with E-state index in [0.29, 0.717) is 4.31 Å². The molecule has 0 spiro atoms. The van der Waals surface area contributed by atoms with Gasteiger partial charge in [0.25, 0.3) is 0 Å². The second-order valence-corrected chi connectivity index (χ2v) is 4.03. The van der Waals surface area contributed by atoms with E-state index in [0.717, 1.165) is 7.05 Å². The van der Waals surface area contributed by atoms with E-state index in [-0.39, 0.29) is 12.1 Å². The number of carbonyl (C=O) groups is 1. The van der Waals surface area contributed by atoms with Crippen LogP contribution in [0.1, 0.15) is 0 Å². The fraction of sp³-hybridized carbons (Fsp3) is 0.500. The zero-order valence-corrected chi connectivity index (χ0v) is 7.10. The molecule has 0 fully saturated rings. The lowest BCUT2D eigenvalue weighted by Gasteiger charge is -2.10. The molecule has 0 rings (SSSR count). The number of hydrogen-bond donors (Lipinski definition) is 3. The molecule has 0 bridgehead atoms. The van der Waals surface area contributed by atoms with E-state index in [1.165, 1.54) is 0 Å². The van der Waals surface area contributed by atoms with Gasteiger partial charge in [0, 0.05) is 7.05 Å². The Kier molecular flexibility index (Phi) is 3.98. The van der Waals surface area contributed by atoms with Crippen LogP contribution in [-0.4, -0.2) is 27.3 Å². The van der Waals surface area contributed by atoms with E-state index in [1.54, 1.807) is 4.49 Å². The smallest absolute Gasteiger partial charge is 0.312 e. The van der Waals surface area contributed by atoms with Gasteiger partial charge in [-0.3, -0.25) is 0 Å². The molecule has 0 radical (unpaired) electrons. The van der Waals surface area contributed by atoms with Gasteiger partial charge < -0.3 is 9.79 Å². The van der Waals surface area contributed by atoms with Crippen LogP contribution in [0.5, 0.6) is 0 Å². The highest BCUT2D eigenvalue weighted by Crippen LogP contribution is 2.32. The summed E-state index contributed by atoms with van der Waals surface area (Å²) < 4.78 is 23.7. The van der Waals surface area contributed by atoms with Gasteiger partial charge >= 0.3 is 13.9 Å². The van der Waals surface area contributed by atoms with Crippen LogP contribution in [0.3, 0.4) is 0 Å². The van der Waals surface area contributed by atoms with Crippen LogP contribution in [-0.2, 0) is 4.57 Å². The van der Waals surface area contributed by atoms with Gasteiger partial charge in [0.05, 0.1) is 12.1 Å². The SMILES string of the molecule is CN(SNP(=O)(O)O)C(=O)F. The molecule has 0 saturated carbocycles. The van der Waals surface area contributed by atoms with Crippen molar-refractivity contribution in [1.29, 1.82) is 0 Å². The Morgan fingerprint density at radius 1 is 1.73 bits per heavy atom. The van der Waals surface area contributed by atoms with E-state index in [9.17, 15) is 13.8 Å². The molecule has 0 atom stereocenters. The number of nitrogens with zero attached hydrogens (tertiary/aromatic N) is 1. The van der Waals surface area contributed by atoms with Gasteiger partial charge in [-0.2, -0.15) is 0 Å². The van der Waals surface area contributed by atoms with Crippen LogP contribution in [0.2, 0.25) is 0 Å². The van der Waals surface area contributed by atoms with Crippen LogP contribution in [0.15, 0.2) is 0 Å². The maximum Gasteiger partial charge on any atom is 0.411 e. The van der Waals surface area contributed by atoms with Crippen LogP contribution < -0.4 is 4.49 Å². The Bertz CT molecular complexity index is 195. The standard InChI is InChI=1S/C2H6FN2O4PS/c1-5(2(3)6)11-4-10(7,8)9/h1H3,(H3,4,7,8,9). The van der Waals surface area contributed by atoms with Crippen LogP contribution in [0.4, 0.5) is 9.18 Å². The highest BCUT2D eigenvalue weighted by Gasteiger charge is 2.16. The van der Waals surface area contributed by atoms with Gasteiger partial charge in [0.1, 0.15) is 0 Å². The zero-order valence-electron chi connectivity index (χ0n) is 5.39. The number of hydrogen-bond acceptors (Lipinski definition) is 3. The van der Waals surface area contributed by atoms with E-state index in [2.05, 4.69) is 0 Å². The Hall–Kier alpha value is -0.140. The molecule has 0 aromatic rings. The molecule has 3 N–H and O–H groups in total. The monoisotopic (exact) mass is 204 g/mol. The molecular formula is C2H6FN2O4PS. The third-order valence-electron chi connectivity index (χ3n) is 0.544. The van der Waals surface area contributed by atoms with Crippen LogP contribution in [0.25, 0.3) is 0 Å². The lowest BCUT2D eigenvalue weighted by atomic mass is 11.2. The Balaban J connectivity index is 3.72. The third kappa shape index (κ3) is 6.27. The third-order valence-corrected chi connectivity index (χ3v) is 2.24. The summed E-state index contributed by atoms with van der Waals surface area (Å²) in [6, 6.07) is 0. The molecule has 0 aliphatic rings. The van der Waals surface area contributed by atoms with Gasteiger partial charge in [-0.05, 0) is 0 Å². The van der Waals surface area contributed by atoms with Crippen LogP contribution in [0, 0.1) is 0 Å². The average molecular weight is 204 g/mol. The summed E-state index contributed by atoms with van der Waals surface area (Å²) in [7, 11) is -3.38. The van der Waals surface area contributed by atoms with Crippen molar-refractivity contribution in [2.24, 2.45) is 0 Å². The molecule has 0 aliphatic carbocycles. The van der Waals surface area contributed by atoms with Gasteiger partial charge in [-0.1, -0.05) is 0 Å². The maximum atomic E-state index is 11.6. The van der Waals surface area contributed by atoms with Crippen molar-refractivity contribution in [3.63, 3.8) is 0 Å². The Morgan fingerprint density at radius 3 is 2.45 bits per heavy atom. The van der Waals surface area contributed by atoms with Crippen molar-refractivity contribution in [2.75, 3.05) is 7.05 Å². The summed E-state index contributed by atoms with van der Waals surface area (Å²) in [5, 5.41) is 0. The number of halogens is 1. The summed E-state index contributed by atoms with van der Waals surface area (Å²) in [6.07, 6.45) is -1.80. The molecular weight excluding hydrogens is 198 g/mol. The first-order valence-electron chi connectivity index (χ1n) is 2.26. The summed E-state index contributed by atoms with van der Waals surface area (Å²) in [6.45, 7) is 0.